The number of unbranched alkanes of at least 4 members (excludes halogenated alkanes) is 1. The van der Waals surface area contributed by atoms with E-state index in [0.29, 0.717) is 25.8 Å². The van der Waals surface area contributed by atoms with Crippen LogP contribution in [0.5, 0.6) is 0 Å². The highest BCUT2D eigenvalue weighted by Gasteiger charge is 2.13. The smallest absolute Gasteiger partial charge is 0.305 e. The molecule has 0 radical (unpaired) electrons. The lowest BCUT2D eigenvalue weighted by molar-refractivity contribution is -0.140. The number of nitrogens with one attached hydrogen (secondary N) is 1. The molecule has 1 rings (SSSR count). The molecule has 0 unspecified atom stereocenters. The van der Waals surface area contributed by atoms with Crippen LogP contribution in [0.2, 0.25) is 10.0 Å². The second-order valence-electron chi connectivity index (χ2n) is 4.04. The van der Waals surface area contributed by atoms with Crippen molar-refractivity contribution in [2.75, 3.05) is 13.7 Å². The first-order valence-corrected chi connectivity index (χ1v) is 6.71. The number of methoxy groups -OCH3 is 1. The number of ether oxygens (including phenoxy) is 1. The van der Waals surface area contributed by atoms with Crippen LogP contribution < -0.4 is 5.32 Å². The average molecular weight is 322 g/mol. The lowest BCUT2D eigenvalue weighted by Crippen LogP contribution is -2.25. The van der Waals surface area contributed by atoms with Gasteiger partial charge in [-0.1, -0.05) is 23.2 Å². The van der Waals surface area contributed by atoms with E-state index in [2.05, 4.69) is 10.1 Å². The molecule has 110 valence electrons. The molecular weight excluding hydrogens is 308 g/mol. The van der Waals surface area contributed by atoms with E-state index in [1.54, 1.807) is 0 Å². The summed E-state index contributed by atoms with van der Waals surface area (Å²) < 4.78 is 17.8. The summed E-state index contributed by atoms with van der Waals surface area (Å²) in [7, 11) is 1.32. The van der Waals surface area contributed by atoms with E-state index in [1.165, 1.54) is 13.2 Å². The van der Waals surface area contributed by atoms with E-state index < -0.39 is 11.7 Å². The zero-order valence-electron chi connectivity index (χ0n) is 10.8. The highest BCUT2D eigenvalue weighted by molar-refractivity contribution is 6.36. The Bertz CT molecular complexity index is 509. The van der Waals surface area contributed by atoms with Crippen LogP contribution in [-0.4, -0.2) is 25.5 Å². The Kier molecular flexibility index (Phi) is 6.75. The maximum atomic E-state index is 13.3. The Balaban J connectivity index is 2.44. The third-order valence-corrected chi connectivity index (χ3v) is 3.18. The zero-order valence-corrected chi connectivity index (χ0v) is 12.4. The third kappa shape index (κ3) is 4.98. The molecule has 0 bridgehead atoms. The fourth-order valence-corrected chi connectivity index (χ4v) is 1.96. The lowest BCUT2D eigenvalue weighted by atomic mass is 10.2. The van der Waals surface area contributed by atoms with Gasteiger partial charge in [0.25, 0.3) is 5.91 Å². The number of carbonyl (C=O) groups excluding carboxylic acids is 2. The van der Waals surface area contributed by atoms with Gasteiger partial charge >= 0.3 is 5.97 Å². The molecule has 7 heteroatoms. The first kappa shape index (κ1) is 16.7. The quantitative estimate of drug-likeness (QED) is 0.497. The van der Waals surface area contributed by atoms with Gasteiger partial charge in [-0.25, -0.2) is 4.39 Å². The monoisotopic (exact) mass is 321 g/mol. The van der Waals surface area contributed by atoms with Crippen molar-refractivity contribution in [3.8, 4) is 0 Å². The van der Waals surface area contributed by atoms with Crippen molar-refractivity contribution in [1.29, 1.82) is 0 Å². The minimum absolute atomic E-state index is 0.0292. The van der Waals surface area contributed by atoms with Crippen molar-refractivity contribution in [2.24, 2.45) is 0 Å². The summed E-state index contributed by atoms with van der Waals surface area (Å²) in [5.41, 5.74) is 0.0292. The fraction of sp³-hybridized carbons (Fsp3) is 0.385. The number of halogens is 3. The topological polar surface area (TPSA) is 55.4 Å². The summed E-state index contributed by atoms with van der Waals surface area (Å²) in [6.07, 6.45) is 1.49. The molecule has 1 N–H and O–H groups in total. The first-order chi connectivity index (χ1) is 9.45. The zero-order chi connectivity index (χ0) is 15.1. The highest BCUT2D eigenvalue weighted by atomic mass is 35.5. The molecule has 0 aliphatic rings. The minimum Gasteiger partial charge on any atom is -0.469 e. The van der Waals surface area contributed by atoms with Crippen LogP contribution in [0.3, 0.4) is 0 Å². The van der Waals surface area contributed by atoms with Gasteiger partial charge in [-0.3, -0.25) is 9.59 Å². The van der Waals surface area contributed by atoms with Crippen molar-refractivity contribution in [3.05, 3.63) is 33.6 Å². The number of benzene rings is 1. The Hall–Kier alpha value is -1.33. The molecule has 0 saturated heterocycles. The summed E-state index contributed by atoms with van der Waals surface area (Å²) in [5, 5.41) is 2.54. The summed E-state index contributed by atoms with van der Waals surface area (Å²) >= 11 is 11.4. The maximum Gasteiger partial charge on any atom is 0.305 e. The van der Waals surface area contributed by atoms with Crippen LogP contribution in [0.4, 0.5) is 4.39 Å². The molecule has 20 heavy (non-hydrogen) atoms. The van der Waals surface area contributed by atoms with Crippen LogP contribution in [-0.2, 0) is 9.53 Å². The number of esters is 1. The van der Waals surface area contributed by atoms with Gasteiger partial charge in [0.2, 0.25) is 0 Å². The standard InChI is InChI=1S/C13H14Cl2FNO3/c1-20-12(18)4-2-3-5-17-13(19)8-6-11(16)10(15)7-9(8)14/h6-7H,2-5H2,1H3,(H,17,19). The van der Waals surface area contributed by atoms with E-state index in [0.717, 1.165) is 6.07 Å². The molecule has 1 aromatic rings. The van der Waals surface area contributed by atoms with E-state index >= 15 is 0 Å². The summed E-state index contributed by atoms with van der Waals surface area (Å²) in [4.78, 5) is 22.6. The molecule has 0 aliphatic carbocycles. The Labute approximate surface area is 126 Å². The van der Waals surface area contributed by atoms with Gasteiger partial charge in [-0.15, -0.1) is 0 Å². The predicted octanol–water partition coefficient (Wildman–Crippen LogP) is 3.21. The molecule has 1 aromatic carbocycles. The van der Waals surface area contributed by atoms with Crippen LogP contribution in [0.15, 0.2) is 12.1 Å². The van der Waals surface area contributed by atoms with Crippen molar-refractivity contribution < 1.29 is 18.7 Å². The number of hydrogen-bond acceptors (Lipinski definition) is 3. The summed E-state index contributed by atoms with van der Waals surface area (Å²) in [6, 6.07) is 2.18. The van der Waals surface area contributed by atoms with Crippen molar-refractivity contribution in [2.45, 2.75) is 19.3 Å². The Morgan fingerprint density at radius 3 is 2.60 bits per heavy atom. The van der Waals surface area contributed by atoms with E-state index in [9.17, 15) is 14.0 Å². The largest absolute Gasteiger partial charge is 0.469 e. The van der Waals surface area contributed by atoms with Crippen LogP contribution in [0.1, 0.15) is 29.6 Å². The molecular formula is C13H14Cl2FNO3. The molecule has 0 saturated carbocycles. The van der Waals surface area contributed by atoms with Crippen molar-refractivity contribution in [3.63, 3.8) is 0 Å². The second-order valence-corrected chi connectivity index (χ2v) is 4.85. The average Bonchev–Trinajstić information content (AvgIpc) is 2.41. The fourth-order valence-electron chi connectivity index (χ4n) is 1.49. The van der Waals surface area contributed by atoms with Gasteiger partial charge in [-0.2, -0.15) is 0 Å². The Morgan fingerprint density at radius 2 is 1.95 bits per heavy atom. The van der Waals surface area contributed by atoms with E-state index in [-0.39, 0.29) is 21.6 Å². The van der Waals surface area contributed by atoms with Crippen molar-refractivity contribution in [1.82, 2.24) is 5.32 Å². The van der Waals surface area contributed by atoms with Crippen molar-refractivity contribution >= 4 is 35.1 Å². The summed E-state index contributed by atoms with van der Waals surface area (Å²) in [6.45, 7) is 0.358. The minimum atomic E-state index is -0.702. The van der Waals surface area contributed by atoms with Crippen LogP contribution >= 0.6 is 23.2 Å². The number of amides is 1. The molecule has 0 atom stereocenters. The van der Waals surface area contributed by atoms with Gasteiger partial charge in [0.05, 0.1) is 22.7 Å². The second kappa shape index (κ2) is 8.07. The molecule has 0 heterocycles. The third-order valence-electron chi connectivity index (χ3n) is 2.58. The molecule has 0 aliphatic heterocycles. The molecule has 0 fully saturated rings. The number of hydrogen-bond donors (Lipinski definition) is 1. The van der Waals surface area contributed by atoms with E-state index in [1.807, 2.05) is 0 Å². The van der Waals surface area contributed by atoms with Gasteiger partial charge in [0.15, 0.2) is 0 Å². The summed E-state index contributed by atoms with van der Waals surface area (Å²) in [5.74, 6) is -1.48. The molecule has 4 nitrogen and oxygen atoms in total. The number of carbonyl (C=O) groups is 2. The first-order valence-electron chi connectivity index (χ1n) is 5.95. The lowest BCUT2D eigenvalue weighted by Gasteiger charge is -2.07. The van der Waals surface area contributed by atoms with Crippen LogP contribution in [0, 0.1) is 5.82 Å². The van der Waals surface area contributed by atoms with Crippen LogP contribution in [0.25, 0.3) is 0 Å². The van der Waals surface area contributed by atoms with Gasteiger partial charge in [0, 0.05) is 13.0 Å². The molecule has 1 amide bonds. The van der Waals surface area contributed by atoms with E-state index in [4.69, 9.17) is 23.2 Å². The Morgan fingerprint density at radius 1 is 1.25 bits per heavy atom. The number of rotatable bonds is 6. The molecule has 0 aromatic heterocycles. The molecule has 0 spiro atoms. The maximum absolute atomic E-state index is 13.3. The van der Waals surface area contributed by atoms with Gasteiger partial charge in [-0.05, 0) is 25.0 Å². The predicted molar refractivity (Wildman–Crippen MR) is 74.6 cm³/mol. The SMILES string of the molecule is COC(=O)CCCCNC(=O)c1cc(F)c(Cl)cc1Cl. The van der Waals surface area contributed by atoms with Gasteiger partial charge < -0.3 is 10.1 Å². The highest BCUT2D eigenvalue weighted by Crippen LogP contribution is 2.24. The normalized spacial score (nSPS) is 10.2. The van der Waals surface area contributed by atoms with Gasteiger partial charge in [0.1, 0.15) is 5.82 Å².